The third-order valence-electron chi connectivity index (χ3n) is 1.57. The van der Waals surface area contributed by atoms with E-state index in [4.69, 9.17) is 11.5 Å². The Morgan fingerprint density at radius 2 is 2.50 bits per heavy atom. The lowest BCUT2D eigenvalue weighted by atomic mass is 10.1. The van der Waals surface area contributed by atoms with E-state index >= 15 is 0 Å². The topological polar surface area (TPSA) is 81.1 Å². The van der Waals surface area contributed by atoms with Crippen molar-refractivity contribution < 1.29 is 4.79 Å². The van der Waals surface area contributed by atoms with Crippen LogP contribution < -0.4 is 16.8 Å². The summed E-state index contributed by atoms with van der Waals surface area (Å²) in [4.78, 5) is 10.7. The maximum absolute atomic E-state index is 10.7. The number of carbonyl (C=O) groups is 1. The molecule has 1 heterocycles. The molecule has 1 aliphatic rings. The molecule has 1 atom stereocenters. The van der Waals surface area contributed by atoms with Gasteiger partial charge in [0.1, 0.15) is 0 Å². The number of nitrogens with one attached hydrogen (secondary N) is 1. The van der Waals surface area contributed by atoms with Crippen LogP contribution in [-0.2, 0) is 4.79 Å². The van der Waals surface area contributed by atoms with Gasteiger partial charge in [-0.15, -0.1) is 0 Å². The van der Waals surface area contributed by atoms with E-state index in [0.717, 1.165) is 5.57 Å². The van der Waals surface area contributed by atoms with E-state index in [9.17, 15) is 4.79 Å². The highest BCUT2D eigenvalue weighted by molar-refractivity contribution is 5.85. The van der Waals surface area contributed by atoms with Crippen molar-refractivity contribution in [3.05, 3.63) is 11.8 Å². The van der Waals surface area contributed by atoms with Gasteiger partial charge in [-0.25, -0.2) is 0 Å². The fourth-order valence-corrected chi connectivity index (χ4v) is 0.952. The molecule has 56 valence electrons. The van der Waals surface area contributed by atoms with Crippen LogP contribution >= 0.6 is 0 Å². The molecule has 0 saturated heterocycles. The molecule has 0 spiro atoms. The van der Waals surface area contributed by atoms with Crippen molar-refractivity contribution in [2.24, 2.45) is 11.5 Å². The van der Waals surface area contributed by atoms with Crippen LogP contribution in [0, 0.1) is 0 Å². The smallest absolute Gasteiger partial charge is 0.258 e. The van der Waals surface area contributed by atoms with E-state index in [2.05, 4.69) is 5.32 Å². The van der Waals surface area contributed by atoms with Gasteiger partial charge in [0, 0.05) is 6.42 Å². The van der Waals surface area contributed by atoms with Crippen molar-refractivity contribution in [2.75, 3.05) is 0 Å². The van der Waals surface area contributed by atoms with Crippen molar-refractivity contribution in [2.45, 2.75) is 19.0 Å². The van der Waals surface area contributed by atoms with Crippen molar-refractivity contribution in [1.29, 1.82) is 0 Å². The van der Waals surface area contributed by atoms with Crippen molar-refractivity contribution in [1.82, 2.24) is 5.32 Å². The predicted octanol–water partition coefficient (Wildman–Crippen LogP) is -0.976. The van der Waals surface area contributed by atoms with E-state index in [1.807, 2.05) is 6.92 Å². The summed E-state index contributed by atoms with van der Waals surface area (Å²) < 4.78 is 0. The number of hydrogen-bond donors (Lipinski definition) is 3. The SMILES string of the molecule is CC1=CNC(N)(C(N)=O)C1. The molecule has 1 aliphatic heterocycles. The summed E-state index contributed by atoms with van der Waals surface area (Å²) in [6.07, 6.45) is 2.22. The van der Waals surface area contributed by atoms with Crippen molar-refractivity contribution in [3.8, 4) is 0 Å². The summed E-state index contributed by atoms with van der Waals surface area (Å²) in [5, 5.41) is 2.72. The molecule has 1 rings (SSSR count). The molecular weight excluding hydrogens is 130 g/mol. The minimum absolute atomic E-state index is 0.502. The first kappa shape index (κ1) is 7.08. The molecule has 0 bridgehead atoms. The molecular formula is C6H11N3O. The second-order valence-electron chi connectivity index (χ2n) is 2.65. The van der Waals surface area contributed by atoms with Crippen LogP contribution in [0.3, 0.4) is 0 Å². The number of primary amides is 1. The molecule has 4 nitrogen and oxygen atoms in total. The Balaban J connectivity index is 2.70. The largest absolute Gasteiger partial charge is 0.366 e. The van der Waals surface area contributed by atoms with Crippen LogP contribution in [0.25, 0.3) is 0 Å². The normalized spacial score (nSPS) is 31.2. The Morgan fingerprint density at radius 1 is 1.90 bits per heavy atom. The van der Waals surface area contributed by atoms with Gasteiger partial charge in [0.2, 0.25) is 0 Å². The lowest BCUT2D eigenvalue weighted by Crippen LogP contribution is -2.58. The first-order valence-electron chi connectivity index (χ1n) is 3.07. The number of hydrogen-bond acceptors (Lipinski definition) is 3. The standard InChI is InChI=1S/C6H11N3O/c1-4-2-6(8,5(7)10)9-3-4/h3,9H,2,8H2,1H3,(H2,7,10). The Morgan fingerprint density at radius 3 is 2.70 bits per heavy atom. The third-order valence-corrected chi connectivity index (χ3v) is 1.57. The molecule has 4 heteroatoms. The van der Waals surface area contributed by atoms with E-state index < -0.39 is 11.6 Å². The molecule has 1 amide bonds. The van der Waals surface area contributed by atoms with Crippen molar-refractivity contribution in [3.63, 3.8) is 0 Å². The Labute approximate surface area is 59.3 Å². The zero-order valence-corrected chi connectivity index (χ0v) is 5.85. The Hall–Kier alpha value is -1.03. The molecule has 0 aromatic heterocycles. The van der Waals surface area contributed by atoms with Gasteiger partial charge in [0.15, 0.2) is 5.66 Å². The first-order chi connectivity index (χ1) is 4.54. The van der Waals surface area contributed by atoms with Gasteiger partial charge < -0.3 is 16.8 Å². The molecule has 10 heavy (non-hydrogen) atoms. The van der Waals surface area contributed by atoms with Gasteiger partial charge in [-0.05, 0) is 13.1 Å². The highest BCUT2D eigenvalue weighted by Gasteiger charge is 2.34. The summed E-state index contributed by atoms with van der Waals surface area (Å²) in [5.74, 6) is -0.513. The van der Waals surface area contributed by atoms with Crippen molar-refractivity contribution >= 4 is 5.91 Å². The molecule has 0 aromatic rings. The van der Waals surface area contributed by atoms with Gasteiger partial charge >= 0.3 is 0 Å². The van der Waals surface area contributed by atoms with Gasteiger partial charge in [-0.2, -0.15) is 0 Å². The number of nitrogens with two attached hydrogens (primary N) is 2. The van der Waals surface area contributed by atoms with Gasteiger partial charge in [-0.1, -0.05) is 5.57 Å². The van der Waals surface area contributed by atoms with E-state index in [0.29, 0.717) is 6.42 Å². The summed E-state index contributed by atoms with van der Waals surface area (Å²) in [6, 6.07) is 0. The van der Waals surface area contributed by atoms with Crippen LogP contribution in [-0.4, -0.2) is 11.6 Å². The fraction of sp³-hybridized carbons (Fsp3) is 0.500. The summed E-state index contributed by atoms with van der Waals surface area (Å²) in [7, 11) is 0. The molecule has 0 radical (unpaired) electrons. The second kappa shape index (κ2) is 1.98. The van der Waals surface area contributed by atoms with Crippen LogP contribution in [0.2, 0.25) is 0 Å². The first-order valence-corrected chi connectivity index (χ1v) is 3.07. The predicted molar refractivity (Wildman–Crippen MR) is 37.6 cm³/mol. The summed E-state index contributed by atoms with van der Waals surface area (Å²) in [5.41, 5.74) is 10.6. The second-order valence-corrected chi connectivity index (χ2v) is 2.65. The van der Waals surface area contributed by atoms with Gasteiger partial charge in [-0.3, -0.25) is 4.79 Å². The average Bonchev–Trinajstić information content (AvgIpc) is 2.13. The number of rotatable bonds is 1. The zero-order valence-electron chi connectivity index (χ0n) is 5.85. The summed E-state index contributed by atoms with van der Waals surface area (Å²) >= 11 is 0. The Kier molecular flexibility index (Phi) is 1.40. The van der Waals surface area contributed by atoms with Crippen LogP contribution in [0.5, 0.6) is 0 Å². The molecule has 0 saturated carbocycles. The van der Waals surface area contributed by atoms with Crippen LogP contribution in [0.15, 0.2) is 11.8 Å². The quantitative estimate of drug-likeness (QED) is 0.439. The highest BCUT2D eigenvalue weighted by Crippen LogP contribution is 2.16. The summed E-state index contributed by atoms with van der Waals surface area (Å²) in [6.45, 7) is 1.89. The lowest BCUT2D eigenvalue weighted by molar-refractivity contribution is -0.123. The maximum atomic E-state index is 10.7. The molecule has 1 unspecified atom stereocenters. The van der Waals surface area contributed by atoms with Gasteiger partial charge in [0.05, 0.1) is 0 Å². The lowest BCUT2D eigenvalue weighted by Gasteiger charge is -2.19. The van der Waals surface area contributed by atoms with E-state index in [-0.39, 0.29) is 0 Å². The molecule has 0 aliphatic carbocycles. The number of carbonyl (C=O) groups excluding carboxylic acids is 1. The monoisotopic (exact) mass is 141 g/mol. The maximum Gasteiger partial charge on any atom is 0.258 e. The highest BCUT2D eigenvalue weighted by atomic mass is 16.2. The minimum atomic E-state index is -1.04. The van der Waals surface area contributed by atoms with E-state index in [1.54, 1.807) is 6.20 Å². The fourth-order valence-electron chi connectivity index (χ4n) is 0.952. The number of amides is 1. The molecule has 0 aromatic carbocycles. The van der Waals surface area contributed by atoms with Crippen LogP contribution in [0.4, 0.5) is 0 Å². The average molecular weight is 141 g/mol. The third kappa shape index (κ3) is 0.974. The zero-order chi connectivity index (χ0) is 7.78. The van der Waals surface area contributed by atoms with E-state index in [1.165, 1.54) is 0 Å². The molecule has 0 fully saturated rings. The van der Waals surface area contributed by atoms with Gasteiger partial charge in [0.25, 0.3) is 5.91 Å². The Bertz CT molecular complexity index is 199. The minimum Gasteiger partial charge on any atom is -0.366 e. The molecule has 5 N–H and O–H groups in total. The van der Waals surface area contributed by atoms with Crippen LogP contribution in [0.1, 0.15) is 13.3 Å².